The van der Waals surface area contributed by atoms with Crippen molar-refractivity contribution in [3.63, 3.8) is 0 Å². The highest BCUT2D eigenvalue weighted by atomic mass is 35.5. The van der Waals surface area contributed by atoms with Crippen LogP contribution in [-0.4, -0.2) is 16.8 Å². The van der Waals surface area contributed by atoms with Crippen LogP contribution in [0.4, 0.5) is 5.69 Å². The molecule has 0 unspecified atom stereocenters. The molecule has 2 rings (SSSR count). The molecule has 1 heterocycles. The first-order valence-corrected chi connectivity index (χ1v) is 5.39. The van der Waals surface area contributed by atoms with Gasteiger partial charge in [0.1, 0.15) is 11.7 Å². The average molecular weight is 253 g/mol. The van der Waals surface area contributed by atoms with Crippen molar-refractivity contribution in [2.45, 2.75) is 6.42 Å². The molecule has 0 fully saturated rings. The summed E-state index contributed by atoms with van der Waals surface area (Å²) in [5.41, 5.74) is 6.50. The summed E-state index contributed by atoms with van der Waals surface area (Å²) in [6.07, 6.45) is 0.475. The fourth-order valence-electron chi connectivity index (χ4n) is 1.29. The number of rotatable bonds is 1. The van der Waals surface area contributed by atoms with Gasteiger partial charge in [0.05, 0.1) is 6.42 Å². The third kappa shape index (κ3) is 2.77. The fourth-order valence-corrected chi connectivity index (χ4v) is 1.64. The molecule has 1 aliphatic heterocycles. The number of amidine groups is 2. The number of aliphatic imine (C=N–C) groups is 2. The Labute approximate surface area is 103 Å². The van der Waals surface area contributed by atoms with Gasteiger partial charge in [-0.25, -0.2) is 9.98 Å². The van der Waals surface area contributed by atoms with E-state index in [9.17, 15) is 0 Å². The first-order chi connectivity index (χ1) is 7.63. The van der Waals surface area contributed by atoms with Crippen LogP contribution < -0.4 is 11.1 Å². The van der Waals surface area contributed by atoms with Gasteiger partial charge >= 0.3 is 0 Å². The van der Waals surface area contributed by atoms with Crippen LogP contribution in [0.2, 0.25) is 5.02 Å². The number of thiocarbonyl (C=S) groups is 1. The lowest BCUT2D eigenvalue weighted by Gasteiger charge is -2.12. The Balaban J connectivity index is 2.11. The van der Waals surface area contributed by atoms with Gasteiger partial charge in [0, 0.05) is 10.7 Å². The number of nitrogens with one attached hydrogen (secondary N) is 1. The number of hydrogen-bond acceptors (Lipinski definition) is 3. The minimum absolute atomic E-state index is 0.250. The molecule has 16 heavy (non-hydrogen) atoms. The lowest BCUT2D eigenvalue weighted by molar-refractivity contribution is 1.34. The maximum atomic E-state index is 5.78. The largest absolute Gasteiger partial charge is 0.387 e. The normalized spacial score (nSPS) is 15.4. The third-order valence-corrected chi connectivity index (χ3v) is 2.39. The predicted molar refractivity (Wildman–Crippen MR) is 71.3 cm³/mol. The summed E-state index contributed by atoms with van der Waals surface area (Å²) in [6, 6.07) is 7.30. The Hall–Kier alpha value is -1.46. The van der Waals surface area contributed by atoms with Gasteiger partial charge in [-0.05, 0) is 36.5 Å². The molecule has 1 aromatic rings. The molecule has 0 saturated heterocycles. The molecule has 3 N–H and O–H groups in total. The zero-order valence-corrected chi connectivity index (χ0v) is 9.85. The van der Waals surface area contributed by atoms with Crippen molar-refractivity contribution < 1.29 is 0 Å². The molecule has 82 valence electrons. The summed E-state index contributed by atoms with van der Waals surface area (Å²) in [5.74, 6) is 1.16. The molecule has 4 nitrogen and oxygen atoms in total. The molecule has 0 saturated carbocycles. The predicted octanol–water partition coefficient (Wildman–Crippen LogP) is 2.20. The van der Waals surface area contributed by atoms with E-state index >= 15 is 0 Å². The van der Waals surface area contributed by atoms with E-state index in [2.05, 4.69) is 15.3 Å². The zero-order valence-electron chi connectivity index (χ0n) is 8.27. The molecular formula is C10H9ClN4S. The van der Waals surface area contributed by atoms with Crippen LogP contribution >= 0.6 is 23.8 Å². The van der Waals surface area contributed by atoms with Crippen molar-refractivity contribution in [1.82, 2.24) is 0 Å². The van der Waals surface area contributed by atoms with Gasteiger partial charge in [-0.2, -0.15) is 0 Å². The van der Waals surface area contributed by atoms with Crippen LogP contribution in [0.15, 0.2) is 34.3 Å². The van der Waals surface area contributed by atoms with Crippen molar-refractivity contribution in [3.05, 3.63) is 29.3 Å². The number of benzene rings is 1. The van der Waals surface area contributed by atoms with Crippen molar-refractivity contribution in [2.24, 2.45) is 15.7 Å². The van der Waals surface area contributed by atoms with E-state index in [1.165, 1.54) is 0 Å². The van der Waals surface area contributed by atoms with Crippen LogP contribution in [0.1, 0.15) is 6.42 Å². The minimum atomic E-state index is 0.250. The van der Waals surface area contributed by atoms with Crippen molar-refractivity contribution >= 4 is 46.3 Å². The minimum Gasteiger partial charge on any atom is -0.387 e. The van der Waals surface area contributed by atoms with Crippen molar-refractivity contribution in [1.29, 1.82) is 0 Å². The first kappa shape index (κ1) is 11.0. The number of nitrogens with zero attached hydrogens (tertiary/aromatic N) is 2. The molecule has 0 radical (unpaired) electrons. The van der Waals surface area contributed by atoms with Gasteiger partial charge in [-0.1, -0.05) is 11.6 Å². The Kier molecular flexibility index (Phi) is 3.17. The van der Waals surface area contributed by atoms with Gasteiger partial charge in [0.15, 0.2) is 0 Å². The van der Waals surface area contributed by atoms with E-state index in [0.29, 0.717) is 23.1 Å². The standard InChI is InChI=1S/C10H9ClN4S/c11-6-1-3-7(4-2-6)13-9-5-8(12)14-10(16)15-9/h1-4H,5H2,(H3,12,13,14,15,16). The number of hydrogen-bond donors (Lipinski definition) is 2. The molecule has 6 heteroatoms. The molecule has 0 atom stereocenters. The van der Waals surface area contributed by atoms with Gasteiger partial charge in [-0.3, -0.25) is 0 Å². The van der Waals surface area contributed by atoms with Gasteiger partial charge in [-0.15, -0.1) is 0 Å². The number of nitrogens with two attached hydrogens (primary N) is 1. The highest BCUT2D eigenvalue weighted by Crippen LogP contribution is 2.14. The molecule has 0 bridgehead atoms. The summed E-state index contributed by atoms with van der Waals surface area (Å²) in [4.78, 5) is 7.95. The number of halogens is 1. The summed E-state index contributed by atoms with van der Waals surface area (Å²) < 4.78 is 0. The Morgan fingerprint density at radius 2 is 1.94 bits per heavy atom. The Morgan fingerprint density at radius 3 is 2.56 bits per heavy atom. The van der Waals surface area contributed by atoms with E-state index in [4.69, 9.17) is 29.6 Å². The first-order valence-electron chi connectivity index (χ1n) is 4.60. The highest BCUT2D eigenvalue weighted by Gasteiger charge is 2.10. The van der Waals surface area contributed by atoms with E-state index in [0.717, 1.165) is 5.69 Å². The van der Waals surface area contributed by atoms with E-state index in [1.807, 2.05) is 12.1 Å². The maximum absolute atomic E-state index is 5.78. The van der Waals surface area contributed by atoms with E-state index in [-0.39, 0.29) is 5.11 Å². The molecule has 1 aromatic carbocycles. The Morgan fingerprint density at radius 1 is 1.25 bits per heavy atom. The van der Waals surface area contributed by atoms with Crippen LogP contribution in [0.3, 0.4) is 0 Å². The molecule has 0 spiro atoms. The summed E-state index contributed by atoms with van der Waals surface area (Å²) in [7, 11) is 0. The number of anilines is 1. The van der Waals surface area contributed by atoms with E-state index in [1.54, 1.807) is 12.1 Å². The smallest absolute Gasteiger partial charge is 0.222 e. The topological polar surface area (TPSA) is 62.8 Å². The average Bonchev–Trinajstić information content (AvgIpc) is 2.20. The van der Waals surface area contributed by atoms with Gasteiger partial charge < -0.3 is 11.1 Å². The van der Waals surface area contributed by atoms with E-state index < -0.39 is 0 Å². The molecule has 0 aliphatic carbocycles. The molecular weight excluding hydrogens is 244 g/mol. The molecule has 0 amide bonds. The second kappa shape index (κ2) is 4.59. The quantitative estimate of drug-likeness (QED) is 0.754. The highest BCUT2D eigenvalue weighted by molar-refractivity contribution is 7.80. The van der Waals surface area contributed by atoms with Crippen LogP contribution in [0.25, 0.3) is 0 Å². The van der Waals surface area contributed by atoms with Gasteiger partial charge in [0.2, 0.25) is 5.11 Å². The Bertz CT molecular complexity index is 478. The van der Waals surface area contributed by atoms with Crippen LogP contribution in [0.5, 0.6) is 0 Å². The lowest BCUT2D eigenvalue weighted by atomic mass is 10.3. The zero-order chi connectivity index (χ0) is 11.5. The van der Waals surface area contributed by atoms with Crippen LogP contribution in [0, 0.1) is 0 Å². The second-order valence-electron chi connectivity index (χ2n) is 3.25. The molecule has 1 aliphatic rings. The lowest BCUT2D eigenvalue weighted by Crippen LogP contribution is -2.27. The summed E-state index contributed by atoms with van der Waals surface area (Å²) >= 11 is 10.7. The fraction of sp³-hybridized carbons (Fsp3) is 0.100. The summed E-state index contributed by atoms with van der Waals surface area (Å²) in [5, 5.41) is 4.05. The van der Waals surface area contributed by atoms with Crippen molar-refractivity contribution in [2.75, 3.05) is 5.32 Å². The third-order valence-electron chi connectivity index (χ3n) is 1.95. The van der Waals surface area contributed by atoms with Crippen molar-refractivity contribution in [3.8, 4) is 0 Å². The SMILES string of the molecule is NC1=NC(=S)N=C(Nc2ccc(Cl)cc2)C1. The molecule has 0 aromatic heterocycles. The second-order valence-corrected chi connectivity index (χ2v) is 4.05. The monoisotopic (exact) mass is 252 g/mol. The summed E-state index contributed by atoms with van der Waals surface area (Å²) in [6.45, 7) is 0. The van der Waals surface area contributed by atoms with Gasteiger partial charge in [0.25, 0.3) is 0 Å². The maximum Gasteiger partial charge on any atom is 0.222 e. The van der Waals surface area contributed by atoms with Crippen LogP contribution in [-0.2, 0) is 0 Å².